The molecule has 8 rings (SSSR count). The van der Waals surface area contributed by atoms with Crippen molar-refractivity contribution in [1.82, 2.24) is 0 Å². The molecular formula is C25H34N2. The molecule has 0 heterocycles. The summed E-state index contributed by atoms with van der Waals surface area (Å²) in [6.07, 6.45) is 17.5. The van der Waals surface area contributed by atoms with Gasteiger partial charge in [-0.25, -0.2) is 13.1 Å². The van der Waals surface area contributed by atoms with Crippen molar-refractivity contribution in [1.29, 1.82) is 0 Å². The zero-order valence-electron chi connectivity index (χ0n) is 16.7. The summed E-state index contributed by atoms with van der Waals surface area (Å²) in [5, 5.41) is 0. The molecule has 8 aliphatic rings. The summed E-state index contributed by atoms with van der Waals surface area (Å²) in [5.74, 6) is 5.45. The van der Waals surface area contributed by atoms with Crippen molar-refractivity contribution >= 4 is 0 Å². The fourth-order valence-corrected chi connectivity index (χ4v) is 10.3. The quantitative estimate of drug-likeness (QED) is 0.513. The topological polar surface area (TPSA) is 8.72 Å². The van der Waals surface area contributed by atoms with E-state index in [1.807, 2.05) is 0 Å². The molecule has 8 bridgehead atoms. The first-order chi connectivity index (χ1) is 13.1. The van der Waals surface area contributed by atoms with Crippen LogP contribution in [0, 0.1) is 59.5 Å². The van der Waals surface area contributed by atoms with E-state index in [4.69, 9.17) is 13.1 Å². The maximum absolute atomic E-state index is 8.12. The summed E-state index contributed by atoms with van der Waals surface area (Å²) in [7, 11) is 0. The molecule has 8 aliphatic carbocycles. The second-order valence-corrected chi connectivity index (χ2v) is 12.1. The van der Waals surface area contributed by atoms with Crippen molar-refractivity contribution in [3.05, 3.63) is 22.8 Å². The summed E-state index contributed by atoms with van der Waals surface area (Å²) in [6, 6.07) is 0.274. The minimum absolute atomic E-state index is 0.137. The monoisotopic (exact) mass is 362 g/mol. The summed E-state index contributed by atoms with van der Waals surface area (Å²) < 4.78 is 0. The highest BCUT2D eigenvalue weighted by atomic mass is 14.8. The van der Waals surface area contributed by atoms with Crippen LogP contribution in [-0.4, -0.2) is 12.1 Å². The van der Waals surface area contributed by atoms with Crippen molar-refractivity contribution < 1.29 is 0 Å². The Morgan fingerprint density at radius 3 is 1.04 bits per heavy atom. The largest absolute Gasteiger partial charge is 0.313 e. The summed E-state index contributed by atoms with van der Waals surface area (Å²) >= 11 is 0. The molecule has 0 aliphatic heterocycles. The van der Waals surface area contributed by atoms with Gasteiger partial charge in [0.05, 0.1) is 6.42 Å². The Kier molecular flexibility index (Phi) is 3.60. The van der Waals surface area contributed by atoms with Gasteiger partial charge in [-0.1, -0.05) is 0 Å². The molecule has 2 atom stereocenters. The van der Waals surface area contributed by atoms with Crippen LogP contribution < -0.4 is 0 Å². The smallest absolute Gasteiger partial charge is 0.236 e. The summed E-state index contributed by atoms with van der Waals surface area (Å²) in [6.45, 7) is 16.2. The maximum Gasteiger partial charge on any atom is 0.236 e. The van der Waals surface area contributed by atoms with Gasteiger partial charge in [0.2, 0.25) is 12.1 Å². The third kappa shape index (κ3) is 2.48. The van der Waals surface area contributed by atoms with E-state index < -0.39 is 0 Å². The highest BCUT2D eigenvalue weighted by molar-refractivity contribution is 5.15. The standard InChI is InChI=1S/C25H34N2/c1-26-22(24-10-16-3-17(11-24)5-18(4-16)12-24)9-23(27-2)25-13-19-6-20(14-25)8-21(7-19)15-25/h16-23H,3-15H2. The van der Waals surface area contributed by atoms with Crippen LogP contribution in [0.3, 0.4) is 0 Å². The van der Waals surface area contributed by atoms with Crippen LogP contribution in [0.15, 0.2) is 0 Å². The van der Waals surface area contributed by atoms with E-state index in [0.29, 0.717) is 10.8 Å². The lowest BCUT2D eigenvalue weighted by Crippen LogP contribution is -2.54. The van der Waals surface area contributed by atoms with Crippen LogP contribution in [0.2, 0.25) is 0 Å². The molecule has 0 aromatic carbocycles. The third-order valence-electron chi connectivity index (χ3n) is 10.3. The molecule has 2 heteroatoms. The van der Waals surface area contributed by atoms with E-state index in [9.17, 15) is 0 Å². The molecule has 0 N–H and O–H groups in total. The maximum atomic E-state index is 8.12. The molecule has 0 amide bonds. The average molecular weight is 363 g/mol. The van der Waals surface area contributed by atoms with E-state index >= 15 is 0 Å². The normalized spacial score (nSPS) is 53.7. The van der Waals surface area contributed by atoms with Crippen molar-refractivity contribution in [3.63, 3.8) is 0 Å². The minimum atomic E-state index is 0.137. The van der Waals surface area contributed by atoms with Crippen LogP contribution in [0.5, 0.6) is 0 Å². The molecule has 0 aromatic heterocycles. The van der Waals surface area contributed by atoms with Crippen molar-refractivity contribution in [2.24, 2.45) is 46.3 Å². The molecule has 8 fully saturated rings. The Hall–Kier alpha value is -1.02. The Bertz CT molecular complexity index is 576. The van der Waals surface area contributed by atoms with Gasteiger partial charge in [0.25, 0.3) is 0 Å². The van der Waals surface area contributed by atoms with Crippen LogP contribution in [0.1, 0.15) is 83.5 Å². The number of hydrogen-bond donors (Lipinski definition) is 0. The predicted octanol–water partition coefficient (Wildman–Crippen LogP) is 6.39. The first kappa shape index (κ1) is 16.9. The van der Waals surface area contributed by atoms with Crippen molar-refractivity contribution in [2.45, 2.75) is 95.6 Å². The minimum Gasteiger partial charge on any atom is -0.313 e. The van der Waals surface area contributed by atoms with Crippen LogP contribution in [0.4, 0.5) is 0 Å². The molecule has 0 spiro atoms. The van der Waals surface area contributed by atoms with E-state index in [2.05, 4.69) is 9.69 Å². The molecular weight excluding hydrogens is 328 g/mol. The van der Waals surface area contributed by atoms with Crippen LogP contribution in [-0.2, 0) is 0 Å². The van der Waals surface area contributed by atoms with Crippen molar-refractivity contribution in [2.75, 3.05) is 0 Å². The fourth-order valence-electron chi connectivity index (χ4n) is 10.3. The number of rotatable bonds is 4. The van der Waals surface area contributed by atoms with Gasteiger partial charge in [-0.05, 0) is 113 Å². The summed E-state index contributed by atoms with van der Waals surface area (Å²) in [5.41, 5.74) is 0.587. The molecule has 2 nitrogen and oxygen atoms in total. The van der Waals surface area contributed by atoms with Gasteiger partial charge in [0, 0.05) is 10.8 Å². The van der Waals surface area contributed by atoms with Gasteiger partial charge in [-0.3, -0.25) is 0 Å². The summed E-state index contributed by atoms with van der Waals surface area (Å²) in [4.78, 5) is 8.60. The Morgan fingerprint density at radius 2 is 0.815 bits per heavy atom. The second-order valence-electron chi connectivity index (χ2n) is 12.1. The van der Waals surface area contributed by atoms with E-state index in [0.717, 1.165) is 41.9 Å². The average Bonchev–Trinajstić information content (AvgIpc) is 2.60. The first-order valence-corrected chi connectivity index (χ1v) is 11.8. The van der Waals surface area contributed by atoms with Gasteiger partial charge in [-0.15, -0.1) is 0 Å². The van der Waals surface area contributed by atoms with Crippen LogP contribution in [0.25, 0.3) is 9.69 Å². The number of hydrogen-bond acceptors (Lipinski definition) is 0. The third-order valence-corrected chi connectivity index (χ3v) is 10.3. The Balaban J connectivity index is 1.27. The molecule has 144 valence electrons. The molecule has 2 unspecified atom stereocenters. The predicted molar refractivity (Wildman–Crippen MR) is 107 cm³/mol. The lowest BCUT2D eigenvalue weighted by molar-refractivity contribution is -0.0788. The van der Waals surface area contributed by atoms with E-state index in [1.54, 1.807) is 0 Å². The SMILES string of the molecule is [C-]#[N+]C(CC([N+]#[C-])C12CC3CC(CC(C3)C1)C2)C12CC3CC(CC(C3)C1)C2. The van der Waals surface area contributed by atoms with Gasteiger partial charge >= 0.3 is 0 Å². The molecule has 27 heavy (non-hydrogen) atoms. The number of nitrogens with zero attached hydrogens (tertiary/aromatic N) is 2. The van der Waals surface area contributed by atoms with E-state index in [1.165, 1.54) is 77.0 Å². The van der Waals surface area contributed by atoms with Gasteiger partial charge in [0.15, 0.2) is 0 Å². The lowest BCUT2D eigenvalue weighted by atomic mass is 9.45. The highest BCUT2D eigenvalue weighted by Crippen LogP contribution is 2.65. The molecule has 0 radical (unpaired) electrons. The van der Waals surface area contributed by atoms with E-state index in [-0.39, 0.29) is 12.1 Å². The molecule has 8 saturated carbocycles. The zero-order valence-corrected chi connectivity index (χ0v) is 16.7. The second kappa shape index (κ2) is 5.75. The highest BCUT2D eigenvalue weighted by Gasteiger charge is 2.62. The zero-order chi connectivity index (χ0) is 18.2. The Morgan fingerprint density at radius 1 is 0.556 bits per heavy atom. The van der Waals surface area contributed by atoms with Gasteiger partial charge in [0.1, 0.15) is 0 Å². The van der Waals surface area contributed by atoms with Gasteiger partial charge < -0.3 is 9.69 Å². The fraction of sp³-hybridized carbons (Fsp3) is 0.920. The van der Waals surface area contributed by atoms with Crippen molar-refractivity contribution in [3.8, 4) is 0 Å². The molecule has 0 aromatic rings. The first-order valence-electron chi connectivity index (χ1n) is 11.8. The Labute approximate surface area is 165 Å². The van der Waals surface area contributed by atoms with Gasteiger partial charge in [-0.2, -0.15) is 0 Å². The molecule has 0 saturated heterocycles. The lowest BCUT2D eigenvalue weighted by Gasteiger charge is -2.58. The van der Waals surface area contributed by atoms with Crippen LogP contribution >= 0.6 is 0 Å².